The molecule has 2 aromatic carbocycles. The highest BCUT2D eigenvalue weighted by atomic mass is 16.5. The van der Waals surface area contributed by atoms with E-state index in [1.807, 2.05) is 24.3 Å². The summed E-state index contributed by atoms with van der Waals surface area (Å²) in [5.74, 6) is -1.82. The summed E-state index contributed by atoms with van der Waals surface area (Å²) >= 11 is 0. The maximum absolute atomic E-state index is 12.7. The highest BCUT2D eigenvalue weighted by Crippen LogP contribution is 2.44. The fourth-order valence-corrected chi connectivity index (χ4v) is 4.57. The molecule has 0 heterocycles. The van der Waals surface area contributed by atoms with Crippen molar-refractivity contribution in [2.24, 2.45) is 11.3 Å². The first-order valence-corrected chi connectivity index (χ1v) is 13.8. The minimum Gasteiger partial charge on any atom is -0.465 e. The van der Waals surface area contributed by atoms with Crippen LogP contribution >= 0.6 is 0 Å². The van der Waals surface area contributed by atoms with E-state index in [4.69, 9.17) is 23.8 Å². The molecule has 0 aliphatic heterocycles. The number of carbonyl (C=O) groups is 3. The van der Waals surface area contributed by atoms with E-state index in [0.29, 0.717) is 33.0 Å². The van der Waals surface area contributed by atoms with Crippen molar-refractivity contribution < 1.29 is 38.2 Å². The maximum Gasteiger partial charge on any atom is 0.373 e. The Balaban J connectivity index is 0.00000187. The van der Waals surface area contributed by atoms with Crippen molar-refractivity contribution in [3.05, 3.63) is 59.7 Å². The number of fused-ring (bicyclic) bond motifs is 3. The second-order valence-corrected chi connectivity index (χ2v) is 11.1. The van der Waals surface area contributed by atoms with Crippen LogP contribution in [0.4, 0.5) is 0 Å². The molecule has 9 heteroatoms. The number of ether oxygens (including phenoxy) is 3. The van der Waals surface area contributed by atoms with Crippen molar-refractivity contribution in [1.82, 2.24) is 5.32 Å². The van der Waals surface area contributed by atoms with Gasteiger partial charge in [0, 0.05) is 25.5 Å². The summed E-state index contributed by atoms with van der Waals surface area (Å²) in [6.07, 6.45) is 1.06. The molecule has 9 nitrogen and oxygen atoms in total. The molecule has 0 saturated heterocycles. The predicted molar refractivity (Wildman–Crippen MR) is 152 cm³/mol. The van der Waals surface area contributed by atoms with Crippen LogP contribution in [0.2, 0.25) is 0 Å². The lowest BCUT2D eigenvalue weighted by atomic mass is 9.93. The van der Waals surface area contributed by atoms with E-state index in [1.165, 1.54) is 6.92 Å². The Kier molecular flexibility index (Phi) is 14.1. The molecule has 41 heavy (non-hydrogen) atoms. The number of rotatable bonds is 15. The molecule has 3 rings (SSSR count). The van der Waals surface area contributed by atoms with Crippen LogP contribution < -0.4 is 5.32 Å². The van der Waals surface area contributed by atoms with Gasteiger partial charge < -0.3 is 24.3 Å². The predicted octanol–water partition coefficient (Wildman–Crippen LogP) is 4.33. The summed E-state index contributed by atoms with van der Waals surface area (Å²) in [6.45, 7) is 10.4. The molecule has 0 radical (unpaired) electrons. The quantitative estimate of drug-likeness (QED) is 0.249. The third kappa shape index (κ3) is 11.8. The van der Waals surface area contributed by atoms with Gasteiger partial charge in [-0.1, -0.05) is 69.3 Å². The molecular weight excluding hydrogens is 526 g/mol. The van der Waals surface area contributed by atoms with Crippen molar-refractivity contribution in [1.29, 1.82) is 0 Å². The van der Waals surface area contributed by atoms with Gasteiger partial charge in [-0.25, -0.2) is 0 Å². The number of hydrogen-bond acceptors (Lipinski definition) is 8. The molecule has 0 unspecified atom stereocenters. The number of carbonyl (C=O) groups excluding carboxylic acids is 5. The lowest BCUT2D eigenvalue weighted by molar-refractivity contribution is -0.191. The van der Waals surface area contributed by atoms with Crippen LogP contribution in [0.1, 0.15) is 64.0 Å². The maximum atomic E-state index is 12.7. The minimum absolute atomic E-state index is 0.0154. The summed E-state index contributed by atoms with van der Waals surface area (Å²) in [7, 11) is 0. The van der Waals surface area contributed by atoms with E-state index in [9.17, 15) is 14.4 Å². The van der Waals surface area contributed by atoms with E-state index < -0.39 is 11.9 Å². The van der Waals surface area contributed by atoms with Crippen LogP contribution in [0.5, 0.6) is 0 Å². The number of ketones is 1. The van der Waals surface area contributed by atoms with E-state index in [-0.39, 0.29) is 48.6 Å². The monoisotopic (exact) mass is 567 g/mol. The van der Waals surface area contributed by atoms with Crippen LogP contribution in [0.15, 0.2) is 48.5 Å². The van der Waals surface area contributed by atoms with Gasteiger partial charge >= 0.3 is 12.1 Å². The molecule has 1 amide bonds. The van der Waals surface area contributed by atoms with Crippen LogP contribution in [-0.2, 0) is 38.2 Å². The Morgan fingerprint density at radius 1 is 0.854 bits per heavy atom. The number of nitrogens with one attached hydrogen (secondary N) is 1. The fraction of sp³-hybridized carbons (Fsp3) is 0.500. The summed E-state index contributed by atoms with van der Waals surface area (Å²) in [5.41, 5.74) is 4.79. The topological polar surface area (TPSA) is 125 Å². The van der Waals surface area contributed by atoms with Gasteiger partial charge in [0.1, 0.15) is 12.4 Å². The molecule has 0 saturated carbocycles. The lowest BCUT2D eigenvalue weighted by Crippen LogP contribution is -2.35. The Morgan fingerprint density at radius 3 is 1.93 bits per heavy atom. The number of benzene rings is 2. The molecular formula is C32H41NO8. The number of Topliss-reactive ketones (excluding diaryl/α,β-unsaturated/α-hetero) is 1. The third-order valence-corrected chi connectivity index (χ3v) is 6.61. The van der Waals surface area contributed by atoms with Gasteiger partial charge in [0.15, 0.2) is 0 Å². The number of hydrogen-bond donors (Lipinski definition) is 1. The normalized spacial score (nSPS) is 12.7. The van der Waals surface area contributed by atoms with Gasteiger partial charge in [0.05, 0.1) is 32.2 Å². The van der Waals surface area contributed by atoms with Crippen molar-refractivity contribution in [3.8, 4) is 11.1 Å². The van der Waals surface area contributed by atoms with Crippen LogP contribution in [0.3, 0.4) is 0 Å². The second kappa shape index (κ2) is 17.2. The average molecular weight is 568 g/mol. The zero-order chi connectivity index (χ0) is 30.3. The molecule has 1 aliphatic carbocycles. The van der Waals surface area contributed by atoms with Crippen LogP contribution in [-0.4, -0.2) is 63.4 Å². The van der Waals surface area contributed by atoms with Crippen molar-refractivity contribution in [3.63, 3.8) is 0 Å². The number of esters is 1. The van der Waals surface area contributed by atoms with Gasteiger partial charge in [-0.15, -0.1) is 0 Å². The highest BCUT2D eigenvalue weighted by Gasteiger charge is 2.30. The Labute approximate surface area is 241 Å². The third-order valence-electron chi connectivity index (χ3n) is 6.61. The summed E-state index contributed by atoms with van der Waals surface area (Å²) in [4.78, 5) is 53.5. The second-order valence-electron chi connectivity index (χ2n) is 11.1. The van der Waals surface area contributed by atoms with Crippen LogP contribution in [0.25, 0.3) is 11.1 Å². The van der Waals surface area contributed by atoms with Crippen molar-refractivity contribution in [2.45, 2.75) is 52.9 Å². The molecule has 1 N–H and O–H groups in total. The largest absolute Gasteiger partial charge is 0.465 e. The van der Waals surface area contributed by atoms with Crippen molar-refractivity contribution in [2.75, 3.05) is 39.6 Å². The number of amides is 1. The summed E-state index contributed by atoms with van der Waals surface area (Å²) in [6, 6.07) is 16.2. The fourth-order valence-electron chi connectivity index (χ4n) is 4.57. The smallest absolute Gasteiger partial charge is 0.373 e. The molecule has 0 aromatic heterocycles. The molecule has 1 atom stereocenters. The Morgan fingerprint density at radius 2 is 1.39 bits per heavy atom. The molecule has 0 spiro atoms. The first-order chi connectivity index (χ1) is 19.6. The SMILES string of the molecule is CC(=O)C[C@H](CC(=O)OCC1c2ccccc2-c2ccccc21)C(=O)NCCOCCOCCC(C)(C)C.O=C=O. The van der Waals surface area contributed by atoms with Crippen LogP contribution in [0, 0.1) is 11.3 Å². The van der Waals surface area contributed by atoms with Gasteiger partial charge in [-0.05, 0) is 41.0 Å². The van der Waals surface area contributed by atoms with Crippen molar-refractivity contribution >= 4 is 23.8 Å². The molecule has 1 aliphatic rings. The molecule has 0 fully saturated rings. The zero-order valence-electron chi connectivity index (χ0n) is 24.4. The lowest BCUT2D eigenvalue weighted by Gasteiger charge is -2.18. The van der Waals surface area contributed by atoms with E-state index in [0.717, 1.165) is 28.7 Å². The summed E-state index contributed by atoms with van der Waals surface area (Å²) < 4.78 is 16.7. The van der Waals surface area contributed by atoms with Gasteiger partial charge in [0.25, 0.3) is 0 Å². The van der Waals surface area contributed by atoms with E-state index in [1.54, 1.807) is 0 Å². The first-order valence-electron chi connectivity index (χ1n) is 13.8. The Hall–Kier alpha value is -3.65. The first kappa shape index (κ1) is 33.6. The minimum atomic E-state index is -0.774. The van der Waals surface area contributed by atoms with Gasteiger partial charge in [-0.2, -0.15) is 9.59 Å². The van der Waals surface area contributed by atoms with E-state index >= 15 is 0 Å². The van der Waals surface area contributed by atoms with E-state index in [2.05, 4.69) is 50.4 Å². The molecule has 2 aromatic rings. The molecule has 222 valence electrons. The Bertz CT molecular complexity index is 1130. The standard InChI is InChI=1S/C31H41NO6.CO2/c1-22(33)19-23(30(35)32-14-16-37-18-17-36-15-13-31(2,3)4)20-29(34)38-21-28-26-11-7-5-9-24(26)25-10-6-8-12-27(25)28;2-1-3/h5-12,23,28H,13-21H2,1-4H3,(H,32,35);/t23-;/m1./s1. The average Bonchev–Trinajstić information content (AvgIpc) is 3.23. The highest BCUT2D eigenvalue weighted by molar-refractivity contribution is 5.88. The molecule has 0 bridgehead atoms. The van der Waals surface area contributed by atoms with Gasteiger partial charge in [-0.3, -0.25) is 9.59 Å². The summed E-state index contributed by atoms with van der Waals surface area (Å²) in [5, 5.41) is 2.77. The zero-order valence-corrected chi connectivity index (χ0v) is 24.4. The van der Waals surface area contributed by atoms with Gasteiger partial charge in [0.2, 0.25) is 5.91 Å².